The third-order valence-electron chi connectivity index (χ3n) is 2.77. The lowest BCUT2D eigenvalue weighted by Gasteiger charge is -2.04. The van der Waals surface area contributed by atoms with Crippen LogP contribution in [0.2, 0.25) is 0 Å². The normalized spacial score (nSPS) is 10.1. The summed E-state index contributed by atoms with van der Waals surface area (Å²) in [5, 5.41) is 10.7. The molecule has 1 aromatic carbocycles. The molecule has 0 atom stereocenters. The second-order valence-corrected chi connectivity index (χ2v) is 4.14. The average Bonchev–Trinajstić information content (AvgIpc) is 2.47. The largest absolute Gasteiger partial charge is 0.462 e. The molecule has 0 aliphatic carbocycles. The maximum Gasteiger partial charge on any atom is 0.343 e. The number of rotatable bonds is 4. The fraction of sp³-hybridized carbons (Fsp3) is 0.143. The van der Waals surface area contributed by atoms with Gasteiger partial charge in [0.2, 0.25) is 0 Å². The molecule has 0 aliphatic heterocycles. The predicted octanol–water partition coefficient (Wildman–Crippen LogP) is 2.13. The zero-order chi connectivity index (χ0) is 15.4. The highest BCUT2D eigenvalue weighted by Crippen LogP contribution is 2.21. The van der Waals surface area contributed by atoms with Gasteiger partial charge in [0.05, 0.1) is 11.5 Å². The van der Waals surface area contributed by atoms with Crippen molar-refractivity contribution in [2.75, 3.05) is 6.61 Å². The Morgan fingerprint density at radius 2 is 2.10 bits per heavy atom. The van der Waals surface area contributed by atoms with Gasteiger partial charge in [0.15, 0.2) is 0 Å². The molecule has 0 unspecified atom stereocenters. The standard InChI is InChI=1S/C14H12N2O5/c1-2-21-14(18)11-6-7-12(15-13(11)17)9-4-3-5-10(8-9)16(19)20/h3-8H,2H2,1H3,(H,15,17). The van der Waals surface area contributed by atoms with Crippen LogP contribution in [0.5, 0.6) is 0 Å². The van der Waals surface area contributed by atoms with Crippen molar-refractivity contribution in [3.05, 3.63) is 62.4 Å². The maximum absolute atomic E-state index is 11.9. The Morgan fingerprint density at radius 3 is 2.71 bits per heavy atom. The van der Waals surface area contributed by atoms with E-state index in [1.807, 2.05) is 0 Å². The number of hydrogen-bond acceptors (Lipinski definition) is 5. The first-order valence-corrected chi connectivity index (χ1v) is 6.18. The molecular weight excluding hydrogens is 276 g/mol. The number of esters is 1. The summed E-state index contributed by atoms with van der Waals surface area (Å²) in [6.45, 7) is 1.81. The number of H-pyrrole nitrogens is 1. The number of aromatic nitrogens is 1. The second-order valence-electron chi connectivity index (χ2n) is 4.14. The van der Waals surface area contributed by atoms with Gasteiger partial charge in [-0.05, 0) is 19.1 Å². The first-order chi connectivity index (χ1) is 10.0. The number of nitrogens with zero attached hydrogens (tertiary/aromatic N) is 1. The van der Waals surface area contributed by atoms with Gasteiger partial charge in [-0.15, -0.1) is 0 Å². The molecular formula is C14H12N2O5. The molecule has 0 saturated heterocycles. The number of nitro benzene ring substituents is 1. The highest BCUT2D eigenvalue weighted by Gasteiger charge is 2.13. The third kappa shape index (κ3) is 3.14. The minimum Gasteiger partial charge on any atom is -0.462 e. The highest BCUT2D eigenvalue weighted by atomic mass is 16.6. The number of nitrogens with one attached hydrogen (secondary N) is 1. The van der Waals surface area contributed by atoms with E-state index < -0.39 is 16.5 Å². The van der Waals surface area contributed by atoms with Crippen LogP contribution in [0, 0.1) is 10.1 Å². The van der Waals surface area contributed by atoms with Crippen LogP contribution in [0.3, 0.4) is 0 Å². The van der Waals surface area contributed by atoms with E-state index >= 15 is 0 Å². The van der Waals surface area contributed by atoms with Gasteiger partial charge in [0.25, 0.3) is 11.2 Å². The molecule has 2 aromatic rings. The van der Waals surface area contributed by atoms with E-state index in [9.17, 15) is 19.7 Å². The maximum atomic E-state index is 11.9. The van der Waals surface area contributed by atoms with E-state index in [1.54, 1.807) is 13.0 Å². The number of nitro groups is 1. The Bertz CT molecular complexity index is 751. The van der Waals surface area contributed by atoms with E-state index in [1.165, 1.54) is 30.3 Å². The molecule has 0 aliphatic rings. The molecule has 21 heavy (non-hydrogen) atoms. The lowest BCUT2D eigenvalue weighted by molar-refractivity contribution is -0.384. The fourth-order valence-electron chi connectivity index (χ4n) is 1.80. The van der Waals surface area contributed by atoms with E-state index in [0.717, 1.165) is 0 Å². The molecule has 0 saturated carbocycles. The first-order valence-electron chi connectivity index (χ1n) is 6.18. The summed E-state index contributed by atoms with van der Waals surface area (Å²) in [7, 11) is 0. The van der Waals surface area contributed by atoms with Crippen LogP contribution in [-0.2, 0) is 4.74 Å². The number of non-ortho nitro benzene ring substituents is 1. The molecule has 0 fully saturated rings. The van der Waals surface area contributed by atoms with Crippen molar-refractivity contribution in [1.29, 1.82) is 0 Å². The van der Waals surface area contributed by atoms with Crippen LogP contribution in [0.1, 0.15) is 17.3 Å². The summed E-state index contributed by atoms with van der Waals surface area (Å²) < 4.78 is 4.76. The van der Waals surface area contributed by atoms with Crippen LogP contribution in [-0.4, -0.2) is 22.5 Å². The SMILES string of the molecule is CCOC(=O)c1ccc(-c2cccc([N+](=O)[O-])c2)[nH]c1=O. The van der Waals surface area contributed by atoms with Gasteiger partial charge in [-0.2, -0.15) is 0 Å². The lowest BCUT2D eigenvalue weighted by atomic mass is 10.1. The summed E-state index contributed by atoms with van der Waals surface area (Å²) >= 11 is 0. The Morgan fingerprint density at radius 1 is 1.33 bits per heavy atom. The molecule has 108 valence electrons. The summed E-state index contributed by atoms with van der Waals surface area (Å²) in [5.74, 6) is -0.704. The first kappa shape index (κ1) is 14.4. The topological polar surface area (TPSA) is 102 Å². The van der Waals surface area contributed by atoms with E-state index in [4.69, 9.17) is 4.74 Å². The number of hydrogen-bond donors (Lipinski definition) is 1. The van der Waals surface area contributed by atoms with E-state index in [2.05, 4.69) is 4.98 Å². The van der Waals surface area contributed by atoms with Gasteiger partial charge in [-0.1, -0.05) is 12.1 Å². The van der Waals surface area contributed by atoms with Crippen LogP contribution in [0.25, 0.3) is 11.3 Å². The third-order valence-corrected chi connectivity index (χ3v) is 2.77. The molecule has 2 rings (SSSR count). The number of aromatic amines is 1. The van der Waals surface area contributed by atoms with Crippen molar-refractivity contribution < 1.29 is 14.5 Å². The summed E-state index contributed by atoms with van der Waals surface area (Å²) in [6, 6.07) is 8.69. The second kappa shape index (κ2) is 6.00. The minimum absolute atomic E-state index is 0.0807. The summed E-state index contributed by atoms with van der Waals surface area (Å²) in [6.07, 6.45) is 0. The molecule has 0 radical (unpaired) electrons. The number of benzene rings is 1. The number of carbonyl (C=O) groups excluding carboxylic acids is 1. The van der Waals surface area contributed by atoms with Crippen LogP contribution in [0.4, 0.5) is 5.69 Å². The van der Waals surface area contributed by atoms with Crippen molar-refractivity contribution in [2.45, 2.75) is 6.92 Å². The minimum atomic E-state index is -0.704. The van der Waals surface area contributed by atoms with Crippen molar-refractivity contribution in [3.63, 3.8) is 0 Å². The zero-order valence-corrected chi connectivity index (χ0v) is 11.2. The Hall–Kier alpha value is -2.96. The van der Waals surface area contributed by atoms with Gasteiger partial charge >= 0.3 is 5.97 Å². The number of pyridine rings is 1. The van der Waals surface area contributed by atoms with Crippen LogP contribution < -0.4 is 5.56 Å². The van der Waals surface area contributed by atoms with E-state index in [0.29, 0.717) is 11.3 Å². The predicted molar refractivity (Wildman–Crippen MR) is 75.1 cm³/mol. The van der Waals surface area contributed by atoms with Gasteiger partial charge in [-0.3, -0.25) is 14.9 Å². The van der Waals surface area contributed by atoms with E-state index in [-0.39, 0.29) is 17.9 Å². The van der Waals surface area contributed by atoms with Crippen molar-refractivity contribution in [1.82, 2.24) is 4.98 Å². The Kier molecular flexibility index (Phi) is 4.13. The van der Waals surface area contributed by atoms with Gasteiger partial charge < -0.3 is 9.72 Å². The molecule has 7 heteroatoms. The van der Waals surface area contributed by atoms with Gasteiger partial charge in [0.1, 0.15) is 5.56 Å². The average molecular weight is 288 g/mol. The lowest BCUT2D eigenvalue weighted by Crippen LogP contribution is -2.19. The molecule has 0 bridgehead atoms. The van der Waals surface area contributed by atoms with Crippen molar-refractivity contribution in [2.24, 2.45) is 0 Å². The van der Waals surface area contributed by atoms with Crippen LogP contribution in [0.15, 0.2) is 41.2 Å². The molecule has 0 amide bonds. The zero-order valence-electron chi connectivity index (χ0n) is 11.2. The number of carbonyl (C=O) groups is 1. The monoisotopic (exact) mass is 288 g/mol. The van der Waals surface area contributed by atoms with Crippen LogP contribution >= 0.6 is 0 Å². The van der Waals surface area contributed by atoms with Crippen molar-refractivity contribution in [3.8, 4) is 11.3 Å². The van der Waals surface area contributed by atoms with Gasteiger partial charge in [0, 0.05) is 23.4 Å². The Balaban J connectivity index is 2.41. The molecule has 7 nitrogen and oxygen atoms in total. The quantitative estimate of drug-likeness (QED) is 0.527. The molecule has 1 heterocycles. The summed E-state index contributed by atoms with van der Waals surface area (Å²) in [5.41, 5.74) is 0.0831. The van der Waals surface area contributed by atoms with Crippen molar-refractivity contribution >= 4 is 11.7 Å². The molecule has 1 aromatic heterocycles. The van der Waals surface area contributed by atoms with Gasteiger partial charge in [-0.25, -0.2) is 4.79 Å². The highest BCUT2D eigenvalue weighted by molar-refractivity contribution is 5.89. The Labute approximate surface area is 119 Å². The smallest absolute Gasteiger partial charge is 0.343 e. The summed E-state index contributed by atoms with van der Waals surface area (Å²) in [4.78, 5) is 36.1. The molecule has 0 spiro atoms. The number of ether oxygens (including phenoxy) is 1. The molecule has 1 N–H and O–H groups in total. The fourth-order valence-corrected chi connectivity index (χ4v) is 1.80.